The number of aromatic nitrogens is 2. The fourth-order valence-electron chi connectivity index (χ4n) is 3.87. The Kier molecular flexibility index (Phi) is 4.67. The molecule has 0 saturated carbocycles. The number of nitrogens with zero attached hydrogens (tertiary/aromatic N) is 3. The highest BCUT2D eigenvalue weighted by Crippen LogP contribution is 2.29. The number of nitrogens with one attached hydrogen (secondary N) is 1. The molecule has 2 fully saturated rings. The van der Waals surface area contributed by atoms with Crippen LogP contribution in [0.15, 0.2) is 46.1 Å². The lowest BCUT2D eigenvalue weighted by Gasteiger charge is -2.48. The number of piperazine rings is 1. The van der Waals surface area contributed by atoms with Crippen LogP contribution in [-0.2, 0) is 11.8 Å². The number of H-pyrrole nitrogens is 1. The Labute approximate surface area is 156 Å². The van der Waals surface area contributed by atoms with Crippen LogP contribution >= 0.6 is 0 Å². The van der Waals surface area contributed by atoms with Crippen molar-refractivity contribution in [1.82, 2.24) is 19.4 Å². The first kappa shape index (κ1) is 17.7. The minimum Gasteiger partial charge on any atom is -0.378 e. The molecule has 8 heteroatoms. The van der Waals surface area contributed by atoms with Crippen molar-refractivity contribution < 1.29 is 9.53 Å². The summed E-state index contributed by atoms with van der Waals surface area (Å²) in [5, 5.41) is 0. The summed E-state index contributed by atoms with van der Waals surface area (Å²) in [6, 6.07) is 10.5. The van der Waals surface area contributed by atoms with Gasteiger partial charge in [-0.25, -0.2) is 4.79 Å². The van der Waals surface area contributed by atoms with Gasteiger partial charge in [0.1, 0.15) is 5.56 Å². The van der Waals surface area contributed by atoms with Gasteiger partial charge in [0.15, 0.2) is 0 Å². The van der Waals surface area contributed by atoms with Crippen LogP contribution in [0.2, 0.25) is 0 Å². The third-order valence-electron chi connectivity index (χ3n) is 5.32. The summed E-state index contributed by atoms with van der Waals surface area (Å²) in [5.41, 5.74) is 0.0127. The van der Waals surface area contributed by atoms with Crippen LogP contribution in [0, 0.1) is 0 Å². The van der Waals surface area contributed by atoms with Gasteiger partial charge >= 0.3 is 5.69 Å². The summed E-state index contributed by atoms with van der Waals surface area (Å²) >= 11 is 0. The van der Waals surface area contributed by atoms with Crippen LogP contribution in [0.5, 0.6) is 0 Å². The zero-order valence-electron chi connectivity index (χ0n) is 15.1. The van der Waals surface area contributed by atoms with Crippen molar-refractivity contribution in [2.45, 2.75) is 12.1 Å². The van der Waals surface area contributed by atoms with Crippen molar-refractivity contribution >= 4 is 5.91 Å². The Balaban J connectivity index is 1.53. The van der Waals surface area contributed by atoms with Crippen molar-refractivity contribution in [2.75, 3.05) is 32.8 Å². The van der Waals surface area contributed by atoms with E-state index < -0.39 is 11.2 Å². The molecule has 2 atom stereocenters. The largest absolute Gasteiger partial charge is 0.378 e. The highest BCUT2D eigenvalue weighted by atomic mass is 16.5. The molecular weight excluding hydrogens is 348 g/mol. The predicted molar refractivity (Wildman–Crippen MR) is 98.7 cm³/mol. The van der Waals surface area contributed by atoms with Crippen molar-refractivity contribution in [3.8, 4) is 0 Å². The minimum absolute atomic E-state index is 0.0121. The van der Waals surface area contributed by atoms with E-state index in [4.69, 9.17) is 4.74 Å². The number of carbonyl (C=O) groups is 1. The topological polar surface area (TPSA) is 87.6 Å². The van der Waals surface area contributed by atoms with Gasteiger partial charge in [-0.1, -0.05) is 30.3 Å². The lowest BCUT2D eigenvalue weighted by molar-refractivity contribution is -0.0770. The first-order valence-corrected chi connectivity index (χ1v) is 9.02. The third kappa shape index (κ3) is 3.33. The second-order valence-electron chi connectivity index (χ2n) is 7.02. The molecule has 0 aliphatic carbocycles. The second-order valence-corrected chi connectivity index (χ2v) is 7.02. The molecule has 0 unspecified atom stereocenters. The standard InChI is InChI=1S/C19H22N4O4/c1-21-10-15(17(24)20-19(21)26)18(25)22-7-8-23-14(9-22)11-27-12-16(23)13-5-3-2-4-6-13/h2-6,10,14,16H,7-9,11-12H2,1H3,(H,20,24,26)/t14-,16-/m1/s1. The first-order chi connectivity index (χ1) is 13.0. The number of carbonyl (C=O) groups excluding carboxylic acids is 1. The summed E-state index contributed by atoms with van der Waals surface area (Å²) in [6.45, 7) is 2.92. The van der Waals surface area contributed by atoms with Crippen molar-refractivity contribution in [1.29, 1.82) is 0 Å². The molecule has 2 aliphatic heterocycles. The van der Waals surface area contributed by atoms with Crippen LogP contribution in [0.25, 0.3) is 0 Å². The Morgan fingerprint density at radius 1 is 1.15 bits per heavy atom. The summed E-state index contributed by atoms with van der Waals surface area (Å²) in [7, 11) is 1.51. The monoisotopic (exact) mass is 370 g/mol. The molecule has 0 bridgehead atoms. The smallest absolute Gasteiger partial charge is 0.328 e. The van der Waals surface area contributed by atoms with Crippen LogP contribution in [-0.4, -0.2) is 64.1 Å². The SMILES string of the molecule is Cn1cc(C(=O)N2CCN3[C@@H](COC[C@@H]3c3ccccc3)C2)c(=O)[nH]c1=O. The molecule has 8 nitrogen and oxygen atoms in total. The molecule has 1 amide bonds. The van der Waals surface area contributed by atoms with Crippen LogP contribution in [0.4, 0.5) is 0 Å². The van der Waals surface area contributed by atoms with Gasteiger partial charge in [0.25, 0.3) is 11.5 Å². The number of benzene rings is 1. The van der Waals surface area contributed by atoms with E-state index in [9.17, 15) is 14.4 Å². The van der Waals surface area contributed by atoms with Gasteiger partial charge in [-0.2, -0.15) is 0 Å². The number of hydrogen-bond acceptors (Lipinski definition) is 5. The number of rotatable bonds is 2. The van der Waals surface area contributed by atoms with E-state index in [2.05, 4.69) is 22.0 Å². The second kappa shape index (κ2) is 7.13. The molecule has 4 rings (SSSR count). The number of amides is 1. The van der Waals surface area contributed by atoms with E-state index in [1.54, 1.807) is 4.90 Å². The predicted octanol–water partition coefficient (Wildman–Crippen LogP) is -0.0285. The molecular formula is C19H22N4O4. The van der Waals surface area contributed by atoms with E-state index in [1.807, 2.05) is 18.2 Å². The van der Waals surface area contributed by atoms with E-state index in [0.29, 0.717) is 32.8 Å². The fourth-order valence-corrected chi connectivity index (χ4v) is 3.87. The van der Waals surface area contributed by atoms with Gasteiger partial charge < -0.3 is 14.2 Å². The molecule has 2 aliphatic rings. The first-order valence-electron chi connectivity index (χ1n) is 9.02. The van der Waals surface area contributed by atoms with Crippen molar-refractivity contribution in [3.05, 3.63) is 68.5 Å². The van der Waals surface area contributed by atoms with Gasteiger partial charge in [-0.15, -0.1) is 0 Å². The molecule has 3 heterocycles. The zero-order chi connectivity index (χ0) is 19.0. The highest BCUT2D eigenvalue weighted by molar-refractivity contribution is 5.93. The van der Waals surface area contributed by atoms with Gasteiger partial charge in [0.05, 0.1) is 25.3 Å². The molecule has 1 aromatic carbocycles. The molecule has 2 aromatic rings. The van der Waals surface area contributed by atoms with E-state index in [0.717, 1.165) is 0 Å². The Bertz CT molecular complexity index is 952. The van der Waals surface area contributed by atoms with Gasteiger partial charge in [-0.05, 0) is 5.56 Å². The molecule has 1 N–H and O–H groups in total. The number of fused-ring (bicyclic) bond motifs is 1. The van der Waals surface area contributed by atoms with E-state index in [1.165, 1.54) is 23.4 Å². The fraction of sp³-hybridized carbons (Fsp3) is 0.421. The quantitative estimate of drug-likeness (QED) is 0.802. The lowest BCUT2D eigenvalue weighted by atomic mass is 10.00. The minimum atomic E-state index is -0.646. The third-order valence-corrected chi connectivity index (χ3v) is 5.32. The Morgan fingerprint density at radius 2 is 1.93 bits per heavy atom. The van der Waals surface area contributed by atoms with Crippen LogP contribution in [0.3, 0.4) is 0 Å². The molecule has 2 saturated heterocycles. The normalized spacial score (nSPS) is 23.1. The van der Waals surface area contributed by atoms with Crippen molar-refractivity contribution in [3.63, 3.8) is 0 Å². The summed E-state index contributed by atoms with van der Waals surface area (Å²) in [6.07, 6.45) is 1.31. The van der Waals surface area contributed by atoms with Gasteiger partial charge in [0.2, 0.25) is 0 Å². The number of morpholine rings is 1. The summed E-state index contributed by atoms with van der Waals surface area (Å²) < 4.78 is 7.01. The Morgan fingerprint density at radius 3 is 2.70 bits per heavy atom. The maximum absolute atomic E-state index is 12.8. The molecule has 142 valence electrons. The molecule has 0 radical (unpaired) electrons. The molecule has 0 spiro atoms. The summed E-state index contributed by atoms with van der Waals surface area (Å²) in [4.78, 5) is 42.6. The number of aromatic amines is 1. The number of ether oxygens (including phenoxy) is 1. The van der Waals surface area contributed by atoms with E-state index in [-0.39, 0.29) is 23.6 Å². The average molecular weight is 370 g/mol. The molecule has 27 heavy (non-hydrogen) atoms. The van der Waals surface area contributed by atoms with Crippen LogP contribution < -0.4 is 11.2 Å². The maximum atomic E-state index is 12.8. The highest BCUT2D eigenvalue weighted by Gasteiger charge is 2.38. The van der Waals surface area contributed by atoms with Gasteiger partial charge in [0, 0.05) is 32.9 Å². The number of hydrogen-bond donors (Lipinski definition) is 1. The van der Waals surface area contributed by atoms with Crippen molar-refractivity contribution in [2.24, 2.45) is 7.05 Å². The lowest BCUT2D eigenvalue weighted by Crippen LogP contribution is -2.60. The van der Waals surface area contributed by atoms with Crippen LogP contribution in [0.1, 0.15) is 22.0 Å². The van der Waals surface area contributed by atoms with E-state index >= 15 is 0 Å². The van der Waals surface area contributed by atoms with Gasteiger partial charge in [-0.3, -0.25) is 19.5 Å². The molecule has 1 aromatic heterocycles. The average Bonchev–Trinajstić information content (AvgIpc) is 2.70. The maximum Gasteiger partial charge on any atom is 0.328 e. The Hall–Kier alpha value is -2.71. The zero-order valence-corrected chi connectivity index (χ0v) is 15.1. The summed E-state index contributed by atoms with van der Waals surface area (Å²) in [5.74, 6) is -0.353. The number of aryl methyl sites for hydroxylation is 1.